The van der Waals surface area contributed by atoms with E-state index in [-0.39, 0.29) is 39.6 Å². The first-order chi connectivity index (χ1) is 19.6. The highest BCUT2D eigenvalue weighted by Gasteiger charge is 2.31. The maximum absolute atomic E-state index is 14.2. The van der Waals surface area contributed by atoms with Crippen LogP contribution in [0, 0.1) is 5.82 Å². The highest BCUT2D eigenvalue weighted by molar-refractivity contribution is 7.99. The Morgan fingerprint density at radius 1 is 1.02 bits per heavy atom. The zero-order valence-corrected chi connectivity index (χ0v) is 23.0. The Morgan fingerprint density at radius 3 is 2.56 bits per heavy atom. The average Bonchev–Trinajstić information content (AvgIpc) is 3.53. The van der Waals surface area contributed by atoms with E-state index in [4.69, 9.17) is 11.6 Å². The number of carbonyl (C=O) groups is 2. The fourth-order valence-electron chi connectivity index (χ4n) is 3.76. The van der Waals surface area contributed by atoms with Crippen LogP contribution >= 0.6 is 34.7 Å². The number of rotatable bonds is 8. The third-order valence-corrected chi connectivity index (χ3v) is 7.80. The molecule has 0 atom stereocenters. The Kier molecular flexibility index (Phi) is 8.24. The summed E-state index contributed by atoms with van der Waals surface area (Å²) in [7, 11) is 0. The minimum Gasteiger partial charge on any atom is -0.345 e. The summed E-state index contributed by atoms with van der Waals surface area (Å²) in [4.78, 5) is 29.7. The molecule has 15 heteroatoms. The molecule has 5 aromatic rings. The summed E-state index contributed by atoms with van der Waals surface area (Å²) in [6.07, 6.45) is -4.62. The fourth-order valence-corrected chi connectivity index (χ4v) is 5.66. The number of alkyl halides is 3. The molecule has 210 valence electrons. The molecule has 0 bridgehead atoms. The molecular weight excluding hydrogens is 604 g/mol. The predicted molar refractivity (Wildman–Crippen MR) is 148 cm³/mol. The number of carbonyl (C=O) groups excluding carboxylic acids is 2. The number of aromatic nitrogens is 4. The summed E-state index contributed by atoms with van der Waals surface area (Å²) in [6, 6.07) is 15.6. The number of benzene rings is 3. The van der Waals surface area contributed by atoms with Crippen molar-refractivity contribution < 1.29 is 27.2 Å². The van der Waals surface area contributed by atoms with Gasteiger partial charge in [-0.3, -0.25) is 14.2 Å². The number of amides is 2. The van der Waals surface area contributed by atoms with Gasteiger partial charge in [0.2, 0.25) is 5.91 Å². The number of fused-ring (bicyclic) bond motifs is 1. The molecule has 8 nitrogen and oxygen atoms in total. The molecule has 5 rings (SSSR count). The van der Waals surface area contributed by atoms with Crippen molar-refractivity contribution in [2.75, 3.05) is 11.1 Å². The number of hydrogen-bond donors (Lipinski definition) is 2. The molecular formula is C26H17ClF4N6O2S2. The number of para-hydroxylation sites is 1. The summed E-state index contributed by atoms with van der Waals surface area (Å²) in [6.45, 7) is -0.328. The Labute approximate surface area is 242 Å². The van der Waals surface area contributed by atoms with Gasteiger partial charge in [0.25, 0.3) is 5.91 Å². The third-order valence-electron chi connectivity index (χ3n) is 5.60. The minimum absolute atomic E-state index is 0.0409. The summed E-state index contributed by atoms with van der Waals surface area (Å²) in [5, 5.41) is 13.6. The molecule has 0 radical (unpaired) electrons. The maximum Gasteiger partial charge on any atom is 0.416 e. The van der Waals surface area contributed by atoms with Gasteiger partial charge in [-0.05, 0) is 42.5 Å². The summed E-state index contributed by atoms with van der Waals surface area (Å²) in [5.41, 5.74) is -0.526. The van der Waals surface area contributed by atoms with Gasteiger partial charge < -0.3 is 10.6 Å². The quantitative estimate of drug-likeness (QED) is 0.155. The van der Waals surface area contributed by atoms with Gasteiger partial charge in [0.05, 0.1) is 44.4 Å². The van der Waals surface area contributed by atoms with Crippen molar-refractivity contribution >= 4 is 61.9 Å². The minimum atomic E-state index is -4.62. The molecule has 0 fully saturated rings. The van der Waals surface area contributed by atoms with E-state index in [1.54, 1.807) is 0 Å². The number of nitrogens with one attached hydrogen (secondary N) is 2. The average molecular weight is 621 g/mol. The monoisotopic (exact) mass is 620 g/mol. The molecule has 2 amide bonds. The van der Waals surface area contributed by atoms with E-state index in [9.17, 15) is 27.2 Å². The zero-order chi connectivity index (χ0) is 29.1. The van der Waals surface area contributed by atoms with E-state index < -0.39 is 29.4 Å². The van der Waals surface area contributed by atoms with E-state index in [0.717, 1.165) is 40.2 Å². The van der Waals surface area contributed by atoms with Crippen molar-refractivity contribution in [1.29, 1.82) is 0 Å². The summed E-state index contributed by atoms with van der Waals surface area (Å²) < 4.78 is 56.7. The number of thioether (sulfide) groups is 1. The number of nitrogens with zero attached hydrogens (tertiary/aromatic N) is 4. The Morgan fingerprint density at radius 2 is 1.80 bits per heavy atom. The van der Waals surface area contributed by atoms with Crippen molar-refractivity contribution in [3.8, 4) is 5.69 Å². The topological polar surface area (TPSA) is 102 Å². The maximum atomic E-state index is 14.2. The van der Waals surface area contributed by atoms with E-state index in [1.807, 2.05) is 24.3 Å². The van der Waals surface area contributed by atoms with Gasteiger partial charge in [-0.2, -0.15) is 13.2 Å². The van der Waals surface area contributed by atoms with Crippen LogP contribution in [0.2, 0.25) is 5.02 Å². The molecule has 0 aliphatic heterocycles. The van der Waals surface area contributed by atoms with Crippen molar-refractivity contribution in [3.05, 3.63) is 94.5 Å². The second kappa shape index (κ2) is 11.8. The highest BCUT2D eigenvalue weighted by Crippen LogP contribution is 2.32. The molecule has 0 aliphatic carbocycles. The van der Waals surface area contributed by atoms with E-state index in [2.05, 4.69) is 25.8 Å². The van der Waals surface area contributed by atoms with Crippen LogP contribution in [0.25, 0.3) is 15.9 Å². The van der Waals surface area contributed by atoms with Gasteiger partial charge in [0.15, 0.2) is 16.1 Å². The first-order valence-electron chi connectivity index (χ1n) is 11.7. The molecule has 3 aromatic carbocycles. The first kappa shape index (κ1) is 28.5. The second-order valence-corrected chi connectivity index (χ2v) is 10.8. The molecule has 0 saturated heterocycles. The van der Waals surface area contributed by atoms with Crippen molar-refractivity contribution in [3.63, 3.8) is 0 Å². The molecule has 0 aliphatic rings. The number of halogens is 5. The lowest BCUT2D eigenvalue weighted by Gasteiger charge is -2.14. The Hall–Kier alpha value is -4.01. The van der Waals surface area contributed by atoms with Gasteiger partial charge in [-0.1, -0.05) is 59.0 Å². The lowest BCUT2D eigenvalue weighted by atomic mass is 10.2. The molecule has 0 spiro atoms. The van der Waals surface area contributed by atoms with E-state index >= 15 is 0 Å². The Bertz CT molecular complexity index is 1700. The van der Waals surface area contributed by atoms with Gasteiger partial charge in [-0.25, -0.2) is 9.37 Å². The summed E-state index contributed by atoms with van der Waals surface area (Å²) >= 11 is 8.19. The third kappa shape index (κ3) is 6.50. The molecule has 0 unspecified atom stereocenters. The second-order valence-electron chi connectivity index (χ2n) is 8.39. The highest BCUT2D eigenvalue weighted by atomic mass is 35.5. The van der Waals surface area contributed by atoms with Crippen LogP contribution in [-0.4, -0.2) is 37.3 Å². The van der Waals surface area contributed by atoms with Crippen LogP contribution < -0.4 is 10.6 Å². The van der Waals surface area contributed by atoms with Crippen molar-refractivity contribution in [1.82, 2.24) is 25.1 Å². The van der Waals surface area contributed by atoms with Crippen LogP contribution in [0.15, 0.2) is 71.9 Å². The van der Waals surface area contributed by atoms with Gasteiger partial charge >= 0.3 is 6.18 Å². The largest absolute Gasteiger partial charge is 0.416 e. The molecule has 2 aromatic heterocycles. The van der Waals surface area contributed by atoms with Crippen LogP contribution in [0.5, 0.6) is 0 Å². The molecule has 0 saturated carbocycles. The molecule has 2 N–H and O–H groups in total. The normalized spacial score (nSPS) is 11.5. The van der Waals surface area contributed by atoms with Gasteiger partial charge in [0.1, 0.15) is 5.82 Å². The number of anilines is 1. The van der Waals surface area contributed by atoms with E-state index in [0.29, 0.717) is 5.13 Å². The predicted octanol–water partition coefficient (Wildman–Crippen LogP) is 6.35. The van der Waals surface area contributed by atoms with Crippen LogP contribution in [-0.2, 0) is 17.5 Å². The van der Waals surface area contributed by atoms with Gasteiger partial charge in [0, 0.05) is 0 Å². The first-order valence-corrected chi connectivity index (χ1v) is 13.9. The molecule has 2 heterocycles. The van der Waals surface area contributed by atoms with Crippen LogP contribution in [0.3, 0.4) is 0 Å². The number of hydrogen-bond acceptors (Lipinski definition) is 7. The van der Waals surface area contributed by atoms with Crippen LogP contribution in [0.1, 0.15) is 21.7 Å². The fraction of sp³-hybridized carbons (Fsp3) is 0.115. The molecule has 41 heavy (non-hydrogen) atoms. The Balaban J connectivity index is 1.38. The van der Waals surface area contributed by atoms with Crippen molar-refractivity contribution in [2.24, 2.45) is 0 Å². The smallest absolute Gasteiger partial charge is 0.345 e. The van der Waals surface area contributed by atoms with Gasteiger partial charge in [-0.15, -0.1) is 10.2 Å². The standard InChI is InChI=1S/C26H17ClF4N6O2S2/c27-16-7-4-8-17(28)22(16)23(39)32-12-20-35-36-25(37(20)15-6-3-5-14(11-15)26(29,30)31)40-13-21(38)34-24-33-18-9-1-2-10-19(18)41-24/h1-11H,12-13H2,(H,32,39)(H,33,34,38). The SMILES string of the molecule is O=C(CSc1nnc(CNC(=O)c2c(F)cccc2Cl)n1-c1cccc(C(F)(F)F)c1)Nc1nc2ccccc2s1. The van der Waals surface area contributed by atoms with Crippen molar-refractivity contribution in [2.45, 2.75) is 17.9 Å². The number of thiazole rings is 1. The van der Waals surface area contributed by atoms with E-state index in [1.165, 1.54) is 40.2 Å². The zero-order valence-electron chi connectivity index (χ0n) is 20.6. The van der Waals surface area contributed by atoms with Crippen LogP contribution in [0.4, 0.5) is 22.7 Å². The summed E-state index contributed by atoms with van der Waals surface area (Å²) in [5.74, 6) is -2.23. The lowest BCUT2D eigenvalue weighted by Crippen LogP contribution is -2.26. The lowest BCUT2D eigenvalue weighted by molar-refractivity contribution is -0.137.